The van der Waals surface area contributed by atoms with Gasteiger partial charge in [0.2, 0.25) is 0 Å². The molecule has 0 aliphatic carbocycles. The van der Waals surface area contributed by atoms with E-state index >= 15 is 0 Å². The van der Waals surface area contributed by atoms with E-state index in [4.69, 9.17) is 21.1 Å². The Labute approximate surface area is 99.7 Å². The molecule has 1 fully saturated rings. The first-order valence-electron chi connectivity index (χ1n) is 5.66. The second-order valence-electron chi connectivity index (χ2n) is 4.31. The van der Waals surface area contributed by atoms with Crippen molar-refractivity contribution in [2.45, 2.75) is 25.0 Å². The van der Waals surface area contributed by atoms with Crippen LogP contribution in [0.2, 0.25) is 5.02 Å². The second-order valence-corrected chi connectivity index (χ2v) is 4.75. The first-order valence-corrected chi connectivity index (χ1v) is 6.04. The third-order valence-electron chi connectivity index (χ3n) is 3.09. The van der Waals surface area contributed by atoms with E-state index in [1.807, 2.05) is 18.2 Å². The third-order valence-corrected chi connectivity index (χ3v) is 3.33. The van der Waals surface area contributed by atoms with E-state index < -0.39 is 5.79 Å². The molecular formula is C12H14ClNO2. The number of hydrogen-bond donors (Lipinski definition) is 1. The normalized spacial score (nSPS) is 28.1. The molecule has 0 saturated carbocycles. The largest absolute Gasteiger partial charge is 0.448 e. The summed E-state index contributed by atoms with van der Waals surface area (Å²) in [7, 11) is 0. The summed E-state index contributed by atoms with van der Waals surface area (Å²) in [4.78, 5) is 0. The zero-order chi connectivity index (χ0) is 11.0. The quantitative estimate of drug-likeness (QED) is 0.755. The van der Waals surface area contributed by atoms with Crippen molar-refractivity contribution in [1.82, 2.24) is 5.32 Å². The minimum absolute atomic E-state index is 0.462. The minimum atomic E-state index is -0.462. The molecule has 1 aromatic rings. The molecule has 16 heavy (non-hydrogen) atoms. The highest BCUT2D eigenvalue weighted by Gasteiger charge is 2.41. The zero-order valence-corrected chi connectivity index (χ0v) is 9.72. The third kappa shape index (κ3) is 1.74. The van der Waals surface area contributed by atoms with Crippen molar-refractivity contribution >= 4 is 11.6 Å². The molecule has 4 heteroatoms. The van der Waals surface area contributed by atoms with Crippen molar-refractivity contribution in [3.63, 3.8) is 0 Å². The lowest BCUT2D eigenvalue weighted by molar-refractivity contribution is -0.0874. The highest BCUT2D eigenvalue weighted by Crippen LogP contribution is 2.44. The topological polar surface area (TPSA) is 30.5 Å². The van der Waals surface area contributed by atoms with Crippen LogP contribution in [-0.2, 0) is 0 Å². The van der Waals surface area contributed by atoms with Gasteiger partial charge < -0.3 is 14.8 Å². The summed E-state index contributed by atoms with van der Waals surface area (Å²) in [5.74, 6) is 1.12. The van der Waals surface area contributed by atoms with Crippen molar-refractivity contribution in [2.75, 3.05) is 13.1 Å². The Morgan fingerprint density at radius 2 is 2.00 bits per heavy atom. The van der Waals surface area contributed by atoms with Gasteiger partial charge in [0.15, 0.2) is 11.5 Å². The summed E-state index contributed by atoms with van der Waals surface area (Å²) in [5.41, 5.74) is 0. The van der Waals surface area contributed by atoms with E-state index in [1.165, 1.54) is 0 Å². The lowest BCUT2D eigenvalue weighted by Gasteiger charge is -2.25. The Morgan fingerprint density at radius 3 is 2.94 bits per heavy atom. The number of nitrogens with one attached hydrogen (secondary N) is 1. The van der Waals surface area contributed by atoms with E-state index in [0.29, 0.717) is 5.02 Å². The summed E-state index contributed by atoms with van der Waals surface area (Å²) >= 11 is 5.94. The highest BCUT2D eigenvalue weighted by atomic mass is 35.5. The van der Waals surface area contributed by atoms with Crippen LogP contribution in [0.1, 0.15) is 19.3 Å². The van der Waals surface area contributed by atoms with E-state index in [-0.39, 0.29) is 0 Å². The van der Waals surface area contributed by atoms with Crippen LogP contribution in [0.15, 0.2) is 18.2 Å². The van der Waals surface area contributed by atoms with Crippen molar-refractivity contribution in [1.29, 1.82) is 0 Å². The maximum atomic E-state index is 5.95. The van der Waals surface area contributed by atoms with Crippen LogP contribution in [0.3, 0.4) is 0 Å². The molecule has 1 aromatic carbocycles. The van der Waals surface area contributed by atoms with Gasteiger partial charge in [0, 0.05) is 30.5 Å². The Hall–Kier alpha value is -0.930. The van der Waals surface area contributed by atoms with Crippen LogP contribution in [0.4, 0.5) is 0 Å². The average molecular weight is 240 g/mol. The lowest BCUT2D eigenvalue weighted by atomic mass is 10.1. The molecule has 86 valence electrons. The fourth-order valence-electron chi connectivity index (χ4n) is 2.28. The standard InChI is InChI=1S/C12H14ClNO2/c13-9-2-3-10-11(8-9)16-12(15-10)4-1-6-14-7-5-12/h2-3,8,14H,1,4-7H2. The van der Waals surface area contributed by atoms with Gasteiger partial charge >= 0.3 is 0 Å². The number of rotatable bonds is 0. The molecule has 0 bridgehead atoms. The summed E-state index contributed by atoms with van der Waals surface area (Å²) < 4.78 is 11.9. The highest BCUT2D eigenvalue weighted by molar-refractivity contribution is 6.30. The molecule has 1 atom stereocenters. The molecule has 2 aliphatic rings. The Balaban J connectivity index is 1.87. The van der Waals surface area contributed by atoms with Crippen LogP contribution >= 0.6 is 11.6 Å². The van der Waals surface area contributed by atoms with Crippen LogP contribution in [0.5, 0.6) is 11.5 Å². The van der Waals surface area contributed by atoms with Gasteiger partial charge in [0.25, 0.3) is 5.79 Å². The number of hydrogen-bond acceptors (Lipinski definition) is 3. The zero-order valence-electron chi connectivity index (χ0n) is 8.96. The van der Waals surface area contributed by atoms with Gasteiger partial charge in [0.05, 0.1) is 0 Å². The maximum absolute atomic E-state index is 5.95. The molecule has 1 saturated heterocycles. The Bertz CT molecular complexity index is 400. The molecule has 1 unspecified atom stereocenters. The molecular weight excluding hydrogens is 226 g/mol. The van der Waals surface area contributed by atoms with Gasteiger partial charge in [-0.25, -0.2) is 0 Å². The molecule has 0 aromatic heterocycles. The average Bonchev–Trinajstić information content (AvgIpc) is 2.44. The molecule has 3 rings (SSSR count). The van der Waals surface area contributed by atoms with Gasteiger partial charge in [-0.1, -0.05) is 11.6 Å². The van der Waals surface area contributed by atoms with Gasteiger partial charge in [-0.15, -0.1) is 0 Å². The minimum Gasteiger partial charge on any atom is -0.448 e. The van der Waals surface area contributed by atoms with Crippen LogP contribution in [-0.4, -0.2) is 18.9 Å². The van der Waals surface area contributed by atoms with Crippen LogP contribution < -0.4 is 14.8 Å². The molecule has 2 aliphatic heterocycles. The Kier molecular flexibility index (Phi) is 2.45. The van der Waals surface area contributed by atoms with Crippen LogP contribution in [0, 0.1) is 0 Å². The van der Waals surface area contributed by atoms with Crippen molar-refractivity contribution in [2.24, 2.45) is 0 Å². The molecule has 1 N–H and O–H groups in total. The predicted molar refractivity (Wildman–Crippen MR) is 62.2 cm³/mol. The van der Waals surface area contributed by atoms with Crippen LogP contribution in [0.25, 0.3) is 0 Å². The van der Waals surface area contributed by atoms with Gasteiger partial charge in [-0.2, -0.15) is 0 Å². The fraction of sp³-hybridized carbons (Fsp3) is 0.500. The summed E-state index contributed by atoms with van der Waals surface area (Å²) in [6, 6.07) is 5.53. The molecule has 3 nitrogen and oxygen atoms in total. The van der Waals surface area contributed by atoms with Gasteiger partial charge in [0.1, 0.15) is 0 Å². The van der Waals surface area contributed by atoms with Gasteiger partial charge in [-0.05, 0) is 25.1 Å². The number of halogens is 1. The number of fused-ring (bicyclic) bond motifs is 1. The molecule has 1 spiro atoms. The SMILES string of the molecule is Clc1ccc2c(c1)OC1(CCCNCC1)O2. The first kappa shape index (κ1) is 10.2. The Morgan fingerprint density at radius 1 is 1.12 bits per heavy atom. The monoisotopic (exact) mass is 239 g/mol. The smallest absolute Gasteiger partial charge is 0.252 e. The number of benzene rings is 1. The number of ether oxygens (including phenoxy) is 2. The summed E-state index contributed by atoms with van der Waals surface area (Å²) in [5, 5.41) is 4.04. The molecule has 2 heterocycles. The summed E-state index contributed by atoms with van der Waals surface area (Å²) in [6.07, 6.45) is 2.87. The molecule has 0 amide bonds. The summed E-state index contributed by atoms with van der Waals surface area (Å²) in [6.45, 7) is 1.97. The maximum Gasteiger partial charge on any atom is 0.252 e. The molecule has 0 radical (unpaired) electrons. The van der Waals surface area contributed by atoms with E-state index in [9.17, 15) is 0 Å². The van der Waals surface area contributed by atoms with Crippen molar-refractivity contribution in [3.05, 3.63) is 23.2 Å². The first-order chi connectivity index (χ1) is 7.77. The predicted octanol–water partition coefficient (Wildman–Crippen LogP) is 2.58. The van der Waals surface area contributed by atoms with Crippen molar-refractivity contribution < 1.29 is 9.47 Å². The lowest BCUT2D eigenvalue weighted by Crippen LogP contribution is -2.39. The second kappa shape index (κ2) is 3.82. The van der Waals surface area contributed by atoms with E-state index in [1.54, 1.807) is 0 Å². The fourth-order valence-corrected chi connectivity index (χ4v) is 2.45. The van der Waals surface area contributed by atoms with E-state index in [2.05, 4.69) is 5.32 Å². The van der Waals surface area contributed by atoms with Gasteiger partial charge in [-0.3, -0.25) is 0 Å². The van der Waals surface area contributed by atoms with E-state index in [0.717, 1.165) is 43.9 Å². The van der Waals surface area contributed by atoms with Crippen molar-refractivity contribution in [3.8, 4) is 11.5 Å².